The number of carbonyl (C=O) groups is 1. The first-order chi connectivity index (χ1) is 12.2. The second kappa shape index (κ2) is 12.0. The van der Waals surface area contributed by atoms with Crippen molar-refractivity contribution in [1.82, 2.24) is 10.2 Å². The summed E-state index contributed by atoms with van der Waals surface area (Å²) in [6, 6.07) is 6.48. The van der Waals surface area contributed by atoms with Crippen LogP contribution < -0.4 is 20.5 Å². The number of likely N-dealkylation sites (tertiary alicyclic amines) is 1. The molecule has 0 aromatic heterocycles. The summed E-state index contributed by atoms with van der Waals surface area (Å²) < 4.78 is 11.0. The van der Waals surface area contributed by atoms with Crippen molar-refractivity contribution in [2.45, 2.75) is 45.2 Å². The van der Waals surface area contributed by atoms with E-state index in [0.29, 0.717) is 32.2 Å². The van der Waals surface area contributed by atoms with E-state index in [-0.39, 0.29) is 18.3 Å². The Morgan fingerprint density at radius 3 is 2.85 bits per heavy atom. The zero-order chi connectivity index (χ0) is 18.1. The number of benzene rings is 1. The summed E-state index contributed by atoms with van der Waals surface area (Å²) in [7, 11) is 1.66. The molecular formula is C19H32ClN3O3. The third-order valence-electron chi connectivity index (χ3n) is 4.57. The van der Waals surface area contributed by atoms with Crippen LogP contribution >= 0.6 is 12.4 Å². The van der Waals surface area contributed by atoms with Crippen LogP contribution in [-0.2, 0) is 11.3 Å². The summed E-state index contributed by atoms with van der Waals surface area (Å²) in [4.78, 5) is 14.1. The van der Waals surface area contributed by atoms with Gasteiger partial charge in [0.2, 0.25) is 5.91 Å². The lowest BCUT2D eigenvalue weighted by molar-refractivity contribution is -0.121. The van der Waals surface area contributed by atoms with E-state index in [1.165, 1.54) is 18.4 Å². The molecule has 7 heteroatoms. The van der Waals surface area contributed by atoms with Gasteiger partial charge in [0.05, 0.1) is 13.7 Å². The minimum Gasteiger partial charge on any atom is -0.493 e. The van der Waals surface area contributed by atoms with Crippen LogP contribution in [0.5, 0.6) is 11.5 Å². The molecule has 0 spiro atoms. The molecule has 1 aliphatic heterocycles. The van der Waals surface area contributed by atoms with Crippen LogP contribution in [0.25, 0.3) is 0 Å². The Morgan fingerprint density at radius 2 is 2.15 bits per heavy atom. The molecule has 26 heavy (non-hydrogen) atoms. The molecule has 0 aliphatic carbocycles. The largest absolute Gasteiger partial charge is 0.493 e. The Morgan fingerprint density at radius 1 is 1.35 bits per heavy atom. The monoisotopic (exact) mass is 385 g/mol. The topological polar surface area (TPSA) is 76.8 Å². The highest BCUT2D eigenvalue weighted by molar-refractivity contribution is 5.85. The van der Waals surface area contributed by atoms with Gasteiger partial charge in [-0.25, -0.2) is 0 Å². The maximum atomic E-state index is 11.7. The van der Waals surface area contributed by atoms with Crippen molar-refractivity contribution in [1.29, 1.82) is 0 Å². The van der Waals surface area contributed by atoms with Crippen LogP contribution in [0.1, 0.15) is 38.2 Å². The Labute approximate surface area is 162 Å². The fraction of sp³-hybridized carbons (Fsp3) is 0.632. The highest BCUT2D eigenvalue weighted by Gasteiger charge is 2.23. The zero-order valence-electron chi connectivity index (χ0n) is 15.8. The maximum Gasteiger partial charge on any atom is 0.221 e. The van der Waals surface area contributed by atoms with Crippen LogP contribution in [0.2, 0.25) is 0 Å². The Balaban J connectivity index is 0.00000338. The van der Waals surface area contributed by atoms with Gasteiger partial charge in [-0.2, -0.15) is 0 Å². The molecule has 1 aliphatic rings. The summed E-state index contributed by atoms with van der Waals surface area (Å²) in [6.07, 6.45) is 3.90. The third kappa shape index (κ3) is 6.67. The maximum absolute atomic E-state index is 11.7. The Hall–Kier alpha value is -1.50. The molecule has 0 saturated carbocycles. The van der Waals surface area contributed by atoms with Gasteiger partial charge in [-0.3, -0.25) is 9.69 Å². The van der Waals surface area contributed by atoms with Gasteiger partial charge >= 0.3 is 0 Å². The van der Waals surface area contributed by atoms with Crippen LogP contribution in [0.15, 0.2) is 18.2 Å². The van der Waals surface area contributed by atoms with E-state index in [1.54, 1.807) is 7.11 Å². The van der Waals surface area contributed by atoms with Gasteiger partial charge in [0.1, 0.15) is 0 Å². The molecule has 148 valence electrons. The quantitative estimate of drug-likeness (QED) is 0.682. The van der Waals surface area contributed by atoms with Crippen LogP contribution in [-0.4, -0.2) is 50.2 Å². The Kier molecular flexibility index (Phi) is 10.4. The van der Waals surface area contributed by atoms with Gasteiger partial charge in [-0.1, -0.05) is 12.5 Å². The molecule has 0 bridgehead atoms. The predicted molar refractivity (Wildman–Crippen MR) is 106 cm³/mol. The molecule has 1 amide bonds. The number of carbonyl (C=O) groups excluding carboxylic acids is 1. The number of methoxy groups -OCH3 is 1. The number of amides is 1. The fourth-order valence-corrected chi connectivity index (χ4v) is 3.27. The van der Waals surface area contributed by atoms with Gasteiger partial charge in [0.25, 0.3) is 0 Å². The van der Waals surface area contributed by atoms with Crippen molar-refractivity contribution in [3.05, 3.63) is 23.8 Å². The number of piperidine rings is 1. The lowest BCUT2D eigenvalue weighted by Crippen LogP contribution is -2.46. The van der Waals surface area contributed by atoms with Crippen molar-refractivity contribution >= 4 is 18.3 Å². The summed E-state index contributed by atoms with van der Waals surface area (Å²) in [6.45, 7) is 5.56. The molecule has 3 N–H and O–H groups in total. The zero-order valence-corrected chi connectivity index (χ0v) is 16.6. The first-order valence-electron chi connectivity index (χ1n) is 9.18. The number of hydrogen-bond donors (Lipinski definition) is 2. The second-order valence-electron chi connectivity index (χ2n) is 6.38. The minimum absolute atomic E-state index is 0. The standard InChI is InChI=1S/C19H31N3O3.ClH/c1-3-25-17-8-7-15(12-18(17)24-2)14-22-11-5-4-6-16(22)13-21-19(23)9-10-20;/h7-8,12,16H,3-6,9-11,13-14,20H2,1-2H3,(H,21,23);1H. The highest BCUT2D eigenvalue weighted by atomic mass is 35.5. The molecule has 1 atom stereocenters. The summed E-state index contributed by atoms with van der Waals surface area (Å²) in [5.41, 5.74) is 6.63. The third-order valence-corrected chi connectivity index (χ3v) is 4.57. The minimum atomic E-state index is 0. The van der Waals surface area contributed by atoms with E-state index >= 15 is 0 Å². The molecule has 1 heterocycles. The van der Waals surface area contributed by atoms with Crippen molar-refractivity contribution < 1.29 is 14.3 Å². The average Bonchev–Trinajstić information content (AvgIpc) is 2.62. The van der Waals surface area contributed by atoms with E-state index in [9.17, 15) is 4.79 Å². The van der Waals surface area contributed by atoms with Gasteiger partial charge in [-0.05, 0) is 44.0 Å². The van der Waals surface area contributed by atoms with Crippen molar-refractivity contribution in [2.24, 2.45) is 5.73 Å². The number of nitrogens with zero attached hydrogens (tertiary/aromatic N) is 1. The average molecular weight is 386 g/mol. The number of ether oxygens (including phenoxy) is 2. The molecule has 1 saturated heterocycles. The van der Waals surface area contributed by atoms with Crippen LogP contribution in [0.3, 0.4) is 0 Å². The predicted octanol–water partition coefficient (Wildman–Crippen LogP) is 2.34. The molecule has 2 rings (SSSR count). The van der Waals surface area contributed by atoms with E-state index in [1.807, 2.05) is 19.1 Å². The van der Waals surface area contributed by atoms with Gasteiger partial charge in [0, 0.05) is 32.1 Å². The summed E-state index contributed by atoms with van der Waals surface area (Å²) in [5.74, 6) is 1.58. The number of rotatable bonds is 9. The van der Waals surface area contributed by atoms with E-state index < -0.39 is 0 Å². The molecule has 1 fully saturated rings. The van der Waals surface area contributed by atoms with Crippen molar-refractivity contribution in [3.63, 3.8) is 0 Å². The lowest BCUT2D eigenvalue weighted by atomic mass is 10.0. The summed E-state index contributed by atoms with van der Waals surface area (Å²) in [5, 5.41) is 3.01. The van der Waals surface area contributed by atoms with Crippen LogP contribution in [0, 0.1) is 0 Å². The number of nitrogens with two attached hydrogens (primary N) is 1. The molecule has 0 radical (unpaired) electrons. The normalized spacial score (nSPS) is 17.3. The van der Waals surface area contributed by atoms with E-state index in [4.69, 9.17) is 15.2 Å². The highest BCUT2D eigenvalue weighted by Crippen LogP contribution is 2.29. The number of nitrogens with one attached hydrogen (secondary N) is 1. The second-order valence-corrected chi connectivity index (χ2v) is 6.38. The van der Waals surface area contributed by atoms with Crippen molar-refractivity contribution in [2.75, 3.05) is 33.4 Å². The fourth-order valence-electron chi connectivity index (χ4n) is 3.27. The van der Waals surface area contributed by atoms with Gasteiger partial charge in [0.15, 0.2) is 11.5 Å². The van der Waals surface area contributed by atoms with Gasteiger partial charge < -0.3 is 20.5 Å². The molecule has 6 nitrogen and oxygen atoms in total. The number of hydrogen-bond acceptors (Lipinski definition) is 5. The molecule has 1 unspecified atom stereocenters. The van der Waals surface area contributed by atoms with Gasteiger partial charge in [-0.15, -0.1) is 12.4 Å². The summed E-state index contributed by atoms with van der Waals surface area (Å²) >= 11 is 0. The lowest BCUT2D eigenvalue weighted by Gasteiger charge is -2.36. The van der Waals surface area contributed by atoms with Crippen LogP contribution in [0.4, 0.5) is 0 Å². The first kappa shape index (κ1) is 22.5. The van der Waals surface area contributed by atoms with Crippen molar-refractivity contribution in [3.8, 4) is 11.5 Å². The molecule has 1 aromatic rings. The molecule has 1 aromatic carbocycles. The van der Waals surface area contributed by atoms with E-state index in [2.05, 4.69) is 16.3 Å². The number of halogens is 1. The van der Waals surface area contributed by atoms with E-state index in [0.717, 1.165) is 31.0 Å². The smallest absolute Gasteiger partial charge is 0.221 e. The SMILES string of the molecule is CCOc1ccc(CN2CCCCC2CNC(=O)CCN)cc1OC.Cl. The Bertz CT molecular complexity index is 557. The first-order valence-corrected chi connectivity index (χ1v) is 9.18. The molecular weight excluding hydrogens is 354 g/mol.